The third-order valence-corrected chi connectivity index (χ3v) is 4.92. The SMILES string of the molecule is CN(C)c1cc([C@H]2CCCN2C(=O)c2ccc3c(c2)OCCO3)ccn1. The van der Waals surface area contributed by atoms with Crippen molar-refractivity contribution in [2.75, 3.05) is 38.8 Å². The second kappa shape index (κ2) is 6.86. The molecule has 2 aliphatic heterocycles. The molecule has 0 spiro atoms. The molecule has 0 radical (unpaired) electrons. The molecule has 4 rings (SSSR count). The zero-order chi connectivity index (χ0) is 18.1. The molecular weight excluding hydrogens is 330 g/mol. The molecule has 3 heterocycles. The van der Waals surface area contributed by atoms with Crippen molar-refractivity contribution >= 4 is 11.7 Å². The van der Waals surface area contributed by atoms with Crippen LogP contribution in [0.2, 0.25) is 0 Å². The minimum absolute atomic E-state index is 0.0349. The zero-order valence-electron chi connectivity index (χ0n) is 15.1. The molecule has 6 nitrogen and oxygen atoms in total. The summed E-state index contributed by atoms with van der Waals surface area (Å²) in [5.41, 5.74) is 1.77. The number of anilines is 1. The van der Waals surface area contributed by atoms with Crippen LogP contribution >= 0.6 is 0 Å². The number of pyridine rings is 1. The molecule has 0 aliphatic carbocycles. The van der Waals surface area contributed by atoms with Crippen molar-refractivity contribution in [2.24, 2.45) is 0 Å². The van der Waals surface area contributed by atoms with Crippen LogP contribution in [0.1, 0.15) is 34.8 Å². The highest BCUT2D eigenvalue weighted by Crippen LogP contribution is 2.36. The van der Waals surface area contributed by atoms with Gasteiger partial charge < -0.3 is 19.3 Å². The van der Waals surface area contributed by atoms with E-state index in [1.54, 1.807) is 6.07 Å². The maximum absolute atomic E-state index is 13.1. The number of fused-ring (bicyclic) bond motifs is 1. The molecule has 1 aromatic heterocycles. The average molecular weight is 353 g/mol. The van der Waals surface area contributed by atoms with Gasteiger partial charge in [0, 0.05) is 32.4 Å². The lowest BCUT2D eigenvalue weighted by molar-refractivity contribution is 0.0734. The number of likely N-dealkylation sites (tertiary alicyclic amines) is 1. The molecule has 0 saturated carbocycles. The molecule has 0 N–H and O–H groups in total. The minimum atomic E-state index is 0.0349. The summed E-state index contributed by atoms with van der Waals surface area (Å²) in [7, 11) is 3.94. The van der Waals surface area contributed by atoms with E-state index >= 15 is 0 Å². The first-order chi connectivity index (χ1) is 12.6. The maximum Gasteiger partial charge on any atom is 0.254 e. The van der Waals surface area contributed by atoms with Crippen molar-refractivity contribution in [2.45, 2.75) is 18.9 Å². The highest BCUT2D eigenvalue weighted by Gasteiger charge is 2.31. The van der Waals surface area contributed by atoms with Crippen LogP contribution in [0.5, 0.6) is 11.5 Å². The monoisotopic (exact) mass is 353 g/mol. The first kappa shape index (κ1) is 16.7. The van der Waals surface area contributed by atoms with E-state index in [4.69, 9.17) is 9.47 Å². The fourth-order valence-corrected chi connectivity index (χ4v) is 3.58. The summed E-state index contributed by atoms with van der Waals surface area (Å²) in [5.74, 6) is 2.29. The van der Waals surface area contributed by atoms with Gasteiger partial charge in [0.25, 0.3) is 5.91 Å². The van der Waals surface area contributed by atoms with Crippen molar-refractivity contribution < 1.29 is 14.3 Å². The smallest absolute Gasteiger partial charge is 0.254 e. The number of rotatable bonds is 3. The van der Waals surface area contributed by atoms with Gasteiger partial charge in [-0.15, -0.1) is 0 Å². The lowest BCUT2D eigenvalue weighted by Crippen LogP contribution is -2.31. The van der Waals surface area contributed by atoms with Gasteiger partial charge in [-0.3, -0.25) is 4.79 Å². The van der Waals surface area contributed by atoms with E-state index in [0.717, 1.165) is 30.8 Å². The third kappa shape index (κ3) is 3.07. The molecule has 2 aromatic rings. The number of aromatic nitrogens is 1. The Bertz CT molecular complexity index is 822. The Morgan fingerprint density at radius 2 is 1.96 bits per heavy atom. The Hall–Kier alpha value is -2.76. The van der Waals surface area contributed by atoms with Gasteiger partial charge in [-0.1, -0.05) is 0 Å². The number of nitrogens with zero attached hydrogens (tertiary/aromatic N) is 3. The van der Waals surface area contributed by atoms with Crippen molar-refractivity contribution in [1.82, 2.24) is 9.88 Å². The number of carbonyl (C=O) groups is 1. The van der Waals surface area contributed by atoms with Crippen LogP contribution in [0.4, 0.5) is 5.82 Å². The Morgan fingerprint density at radius 1 is 1.15 bits per heavy atom. The molecule has 136 valence electrons. The molecule has 0 unspecified atom stereocenters. The predicted octanol–water partition coefficient (Wildman–Crippen LogP) is 2.90. The highest BCUT2D eigenvalue weighted by atomic mass is 16.6. The first-order valence-electron chi connectivity index (χ1n) is 8.97. The molecule has 26 heavy (non-hydrogen) atoms. The lowest BCUT2D eigenvalue weighted by Gasteiger charge is -2.26. The maximum atomic E-state index is 13.1. The summed E-state index contributed by atoms with van der Waals surface area (Å²) in [4.78, 5) is 21.5. The van der Waals surface area contributed by atoms with E-state index in [1.807, 2.05) is 48.3 Å². The third-order valence-electron chi connectivity index (χ3n) is 4.92. The molecule has 1 atom stereocenters. The molecular formula is C20H23N3O3. The van der Waals surface area contributed by atoms with Gasteiger partial charge in [0.2, 0.25) is 0 Å². The fraction of sp³-hybridized carbons (Fsp3) is 0.400. The average Bonchev–Trinajstić information content (AvgIpc) is 3.17. The van der Waals surface area contributed by atoms with Crippen LogP contribution in [-0.2, 0) is 0 Å². The molecule has 1 aromatic carbocycles. The zero-order valence-corrected chi connectivity index (χ0v) is 15.1. The standard InChI is InChI=1S/C20H23N3O3/c1-22(2)19-13-14(7-8-21-19)16-4-3-9-23(16)20(24)15-5-6-17-18(12-15)26-11-10-25-17/h5-8,12-13,16H,3-4,9-11H2,1-2H3/t16-/m1/s1. The van der Waals surface area contributed by atoms with E-state index in [-0.39, 0.29) is 11.9 Å². The first-order valence-corrected chi connectivity index (χ1v) is 8.97. The minimum Gasteiger partial charge on any atom is -0.486 e. The number of ether oxygens (including phenoxy) is 2. The molecule has 0 bridgehead atoms. The summed E-state index contributed by atoms with van der Waals surface area (Å²) in [5, 5.41) is 0. The van der Waals surface area contributed by atoms with E-state index in [1.165, 1.54) is 0 Å². The Labute approximate surface area is 153 Å². The van der Waals surface area contributed by atoms with E-state index < -0.39 is 0 Å². The predicted molar refractivity (Wildman–Crippen MR) is 99.0 cm³/mol. The van der Waals surface area contributed by atoms with Crippen molar-refractivity contribution in [3.05, 3.63) is 47.7 Å². The van der Waals surface area contributed by atoms with Crippen LogP contribution < -0.4 is 14.4 Å². The summed E-state index contributed by atoms with van der Waals surface area (Å²) >= 11 is 0. The fourth-order valence-electron chi connectivity index (χ4n) is 3.58. The van der Waals surface area contributed by atoms with Crippen molar-refractivity contribution in [3.8, 4) is 11.5 Å². The number of amides is 1. The van der Waals surface area contributed by atoms with Crippen LogP contribution in [-0.4, -0.2) is 49.6 Å². The summed E-state index contributed by atoms with van der Waals surface area (Å²) in [6.45, 7) is 1.82. The van der Waals surface area contributed by atoms with Gasteiger partial charge >= 0.3 is 0 Å². The lowest BCUT2D eigenvalue weighted by atomic mass is 10.0. The van der Waals surface area contributed by atoms with Gasteiger partial charge in [0.05, 0.1) is 6.04 Å². The Kier molecular flexibility index (Phi) is 4.41. The quantitative estimate of drug-likeness (QED) is 0.849. The Balaban J connectivity index is 1.60. The van der Waals surface area contributed by atoms with Crippen LogP contribution in [0.25, 0.3) is 0 Å². The number of hydrogen-bond donors (Lipinski definition) is 0. The molecule has 1 fully saturated rings. The summed E-state index contributed by atoms with van der Waals surface area (Å²) in [6, 6.07) is 9.60. The van der Waals surface area contributed by atoms with Gasteiger partial charge in [-0.05, 0) is 48.7 Å². The van der Waals surface area contributed by atoms with E-state index in [2.05, 4.69) is 11.1 Å². The molecule has 6 heteroatoms. The van der Waals surface area contributed by atoms with Gasteiger partial charge in [0.15, 0.2) is 11.5 Å². The van der Waals surface area contributed by atoms with Gasteiger partial charge in [-0.2, -0.15) is 0 Å². The van der Waals surface area contributed by atoms with E-state index in [9.17, 15) is 4.79 Å². The normalized spacial score (nSPS) is 18.7. The van der Waals surface area contributed by atoms with Gasteiger partial charge in [-0.25, -0.2) is 4.98 Å². The second-order valence-corrected chi connectivity index (χ2v) is 6.86. The second-order valence-electron chi connectivity index (χ2n) is 6.86. The van der Waals surface area contributed by atoms with Crippen LogP contribution in [0.3, 0.4) is 0 Å². The molecule has 2 aliphatic rings. The Morgan fingerprint density at radius 3 is 2.77 bits per heavy atom. The molecule has 1 amide bonds. The van der Waals surface area contributed by atoms with Crippen LogP contribution in [0, 0.1) is 0 Å². The summed E-state index contributed by atoms with van der Waals surface area (Å²) < 4.78 is 11.2. The highest BCUT2D eigenvalue weighted by molar-refractivity contribution is 5.95. The number of benzene rings is 1. The van der Waals surface area contributed by atoms with Crippen LogP contribution in [0.15, 0.2) is 36.5 Å². The number of carbonyl (C=O) groups excluding carboxylic acids is 1. The topological polar surface area (TPSA) is 54.9 Å². The molecule has 1 saturated heterocycles. The number of hydrogen-bond acceptors (Lipinski definition) is 5. The van der Waals surface area contributed by atoms with E-state index in [0.29, 0.717) is 30.3 Å². The van der Waals surface area contributed by atoms with Crippen molar-refractivity contribution in [3.63, 3.8) is 0 Å². The summed E-state index contributed by atoms with van der Waals surface area (Å²) in [6.07, 6.45) is 3.78. The van der Waals surface area contributed by atoms with Gasteiger partial charge in [0.1, 0.15) is 19.0 Å². The van der Waals surface area contributed by atoms with Crippen molar-refractivity contribution in [1.29, 1.82) is 0 Å². The largest absolute Gasteiger partial charge is 0.486 e.